The van der Waals surface area contributed by atoms with Gasteiger partial charge >= 0.3 is 0 Å². The first-order chi connectivity index (χ1) is 10.9. The zero-order chi connectivity index (χ0) is 16.4. The second-order valence-electron chi connectivity index (χ2n) is 5.86. The number of rotatable bonds is 3. The monoisotopic (exact) mass is 332 g/mol. The van der Waals surface area contributed by atoms with Crippen LogP contribution in [0.5, 0.6) is 0 Å². The van der Waals surface area contributed by atoms with Crippen LogP contribution in [0.3, 0.4) is 0 Å². The Morgan fingerprint density at radius 3 is 2.35 bits per heavy atom. The molecule has 0 aromatic heterocycles. The van der Waals surface area contributed by atoms with Crippen molar-refractivity contribution in [1.29, 1.82) is 0 Å². The molecule has 122 valence electrons. The number of hydrogen-bond acceptors (Lipinski definition) is 5. The molecule has 1 saturated heterocycles. The summed E-state index contributed by atoms with van der Waals surface area (Å²) >= 11 is 0. The molecule has 1 heterocycles. The molecule has 3 rings (SSSR count). The fourth-order valence-electron chi connectivity index (χ4n) is 2.80. The third-order valence-electron chi connectivity index (χ3n) is 3.99. The molecule has 23 heavy (non-hydrogen) atoms. The Morgan fingerprint density at radius 1 is 1.09 bits per heavy atom. The van der Waals surface area contributed by atoms with E-state index < -0.39 is 15.9 Å². The zero-order valence-electron chi connectivity index (χ0n) is 12.9. The molecular formula is C17H20N2O3S. The summed E-state index contributed by atoms with van der Waals surface area (Å²) < 4.78 is 23.1. The lowest BCUT2D eigenvalue weighted by atomic mass is 9.99. The summed E-state index contributed by atoms with van der Waals surface area (Å²) in [6, 6.07) is 16.7. The Morgan fingerprint density at radius 2 is 1.74 bits per heavy atom. The smallest absolute Gasteiger partial charge is 0.175 e. The van der Waals surface area contributed by atoms with Crippen LogP contribution in [0.15, 0.2) is 59.5 Å². The fraction of sp³-hybridized carbons (Fsp3) is 0.294. The highest BCUT2D eigenvalue weighted by atomic mass is 32.2. The summed E-state index contributed by atoms with van der Waals surface area (Å²) in [6.07, 6.45) is 1.38. The van der Waals surface area contributed by atoms with E-state index in [1.54, 1.807) is 24.3 Å². The third kappa shape index (κ3) is 3.72. The predicted molar refractivity (Wildman–Crippen MR) is 89.8 cm³/mol. The van der Waals surface area contributed by atoms with Gasteiger partial charge in [0.05, 0.1) is 29.3 Å². The minimum Gasteiger partial charge on any atom is -0.391 e. The summed E-state index contributed by atoms with van der Waals surface area (Å²) in [5.74, 6) is 0. The average Bonchev–Trinajstić information content (AvgIpc) is 2.54. The van der Waals surface area contributed by atoms with E-state index in [1.165, 1.54) is 6.26 Å². The van der Waals surface area contributed by atoms with E-state index in [2.05, 4.69) is 5.43 Å². The molecule has 0 radical (unpaired) electrons. The first kappa shape index (κ1) is 16.0. The average molecular weight is 332 g/mol. The molecule has 2 N–H and O–H groups in total. The van der Waals surface area contributed by atoms with Crippen molar-refractivity contribution in [3.05, 3.63) is 60.2 Å². The highest BCUT2D eigenvalue weighted by molar-refractivity contribution is 7.90. The van der Waals surface area contributed by atoms with Gasteiger partial charge in [0.15, 0.2) is 9.84 Å². The van der Waals surface area contributed by atoms with Gasteiger partial charge in [-0.3, -0.25) is 0 Å². The maximum atomic E-state index is 11.5. The molecule has 1 aliphatic rings. The Balaban J connectivity index is 1.82. The van der Waals surface area contributed by atoms with Crippen molar-refractivity contribution in [2.75, 3.05) is 17.8 Å². The lowest BCUT2D eigenvalue weighted by Gasteiger charge is -2.38. The number of β-amino-alcohol motifs (C(OH)–C–C–N with tert-alkyl or cyclic N) is 1. The lowest BCUT2D eigenvalue weighted by molar-refractivity contribution is 0.126. The van der Waals surface area contributed by atoms with E-state index in [1.807, 2.05) is 35.3 Å². The van der Waals surface area contributed by atoms with Crippen LogP contribution in [0.1, 0.15) is 18.0 Å². The molecule has 2 aromatic rings. The Hall–Kier alpha value is -1.89. The second-order valence-corrected chi connectivity index (χ2v) is 7.87. The van der Waals surface area contributed by atoms with Gasteiger partial charge in [-0.15, -0.1) is 0 Å². The number of hydrazine groups is 1. The van der Waals surface area contributed by atoms with Crippen molar-refractivity contribution in [3.8, 4) is 0 Å². The number of hydrogen-bond donors (Lipinski definition) is 2. The standard InChI is InChI=1S/C17H20N2O3S/c1-23(21,22)16-9-7-14(8-10-16)19-12-15(20)11-17(18-19)13-5-3-2-4-6-13/h2-10,15,17-18,20H,11-12H2,1H3/t15-,17-/m1/s1. The van der Waals surface area contributed by atoms with Crippen molar-refractivity contribution in [2.45, 2.75) is 23.5 Å². The molecule has 0 amide bonds. The highest BCUT2D eigenvalue weighted by Crippen LogP contribution is 2.26. The van der Waals surface area contributed by atoms with E-state index in [9.17, 15) is 13.5 Å². The van der Waals surface area contributed by atoms with Crippen LogP contribution < -0.4 is 10.4 Å². The van der Waals surface area contributed by atoms with Crippen molar-refractivity contribution in [3.63, 3.8) is 0 Å². The summed E-state index contributed by atoms with van der Waals surface area (Å²) in [6.45, 7) is 0.460. The molecule has 2 atom stereocenters. The quantitative estimate of drug-likeness (QED) is 0.898. The van der Waals surface area contributed by atoms with E-state index in [0.717, 1.165) is 11.3 Å². The van der Waals surface area contributed by atoms with Crippen LogP contribution in [0.4, 0.5) is 5.69 Å². The van der Waals surface area contributed by atoms with Crippen molar-refractivity contribution in [1.82, 2.24) is 5.43 Å². The topological polar surface area (TPSA) is 69.6 Å². The molecule has 1 aliphatic heterocycles. The van der Waals surface area contributed by atoms with Crippen molar-refractivity contribution in [2.24, 2.45) is 0 Å². The lowest BCUT2D eigenvalue weighted by Crippen LogP contribution is -2.51. The minimum absolute atomic E-state index is 0.0227. The number of nitrogens with one attached hydrogen (secondary N) is 1. The van der Waals surface area contributed by atoms with Crippen LogP contribution in [0.2, 0.25) is 0 Å². The molecule has 5 nitrogen and oxygen atoms in total. The molecule has 6 heteroatoms. The van der Waals surface area contributed by atoms with Gasteiger partial charge < -0.3 is 10.1 Å². The summed E-state index contributed by atoms with van der Waals surface area (Å²) in [5, 5.41) is 12.1. The van der Waals surface area contributed by atoms with E-state index in [4.69, 9.17) is 0 Å². The van der Waals surface area contributed by atoms with E-state index in [0.29, 0.717) is 17.9 Å². The van der Waals surface area contributed by atoms with Crippen LogP contribution in [-0.4, -0.2) is 32.4 Å². The number of aliphatic hydroxyl groups is 1. The van der Waals surface area contributed by atoms with Gasteiger partial charge in [-0.05, 0) is 36.2 Å². The molecule has 2 aromatic carbocycles. The number of anilines is 1. The Bertz CT molecular complexity index is 760. The molecule has 0 bridgehead atoms. The van der Waals surface area contributed by atoms with Gasteiger partial charge in [-0.1, -0.05) is 30.3 Å². The van der Waals surface area contributed by atoms with Gasteiger partial charge in [-0.25, -0.2) is 13.8 Å². The first-order valence-corrected chi connectivity index (χ1v) is 9.39. The number of nitrogens with zero attached hydrogens (tertiary/aromatic N) is 1. The Labute approximate surface area is 136 Å². The fourth-order valence-corrected chi connectivity index (χ4v) is 3.43. The minimum atomic E-state index is -3.20. The number of sulfone groups is 1. The Kier molecular flexibility index (Phi) is 4.39. The van der Waals surface area contributed by atoms with Crippen LogP contribution >= 0.6 is 0 Å². The van der Waals surface area contributed by atoms with Gasteiger partial charge in [0.2, 0.25) is 0 Å². The van der Waals surface area contributed by atoms with Gasteiger partial charge in [-0.2, -0.15) is 0 Å². The SMILES string of the molecule is CS(=O)(=O)c1ccc(N2C[C@H](O)C[C@H](c3ccccc3)N2)cc1. The molecule has 0 aliphatic carbocycles. The summed E-state index contributed by atoms with van der Waals surface area (Å²) in [4.78, 5) is 0.290. The highest BCUT2D eigenvalue weighted by Gasteiger charge is 2.26. The molecule has 1 fully saturated rings. The number of aliphatic hydroxyl groups excluding tert-OH is 1. The van der Waals surface area contributed by atoms with Crippen LogP contribution in [0, 0.1) is 0 Å². The summed E-state index contributed by atoms with van der Waals surface area (Å²) in [7, 11) is -3.20. The predicted octanol–water partition coefficient (Wildman–Crippen LogP) is 1.91. The molecule has 0 saturated carbocycles. The normalized spacial score (nSPS) is 22.1. The molecular weight excluding hydrogens is 312 g/mol. The van der Waals surface area contributed by atoms with Crippen LogP contribution in [-0.2, 0) is 9.84 Å². The van der Waals surface area contributed by atoms with E-state index in [-0.39, 0.29) is 6.04 Å². The van der Waals surface area contributed by atoms with Crippen molar-refractivity contribution < 1.29 is 13.5 Å². The number of benzene rings is 2. The van der Waals surface area contributed by atoms with Gasteiger partial charge in [0.25, 0.3) is 0 Å². The maximum Gasteiger partial charge on any atom is 0.175 e. The molecule has 0 unspecified atom stereocenters. The second kappa shape index (κ2) is 6.31. The van der Waals surface area contributed by atoms with Gasteiger partial charge in [0.1, 0.15) is 0 Å². The van der Waals surface area contributed by atoms with E-state index >= 15 is 0 Å². The third-order valence-corrected chi connectivity index (χ3v) is 5.12. The summed E-state index contributed by atoms with van der Waals surface area (Å²) in [5.41, 5.74) is 5.34. The molecule has 0 spiro atoms. The van der Waals surface area contributed by atoms with Crippen molar-refractivity contribution >= 4 is 15.5 Å². The van der Waals surface area contributed by atoms with Gasteiger partial charge in [0, 0.05) is 6.26 Å². The zero-order valence-corrected chi connectivity index (χ0v) is 13.7. The van der Waals surface area contributed by atoms with Crippen LogP contribution in [0.25, 0.3) is 0 Å². The maximum absolute atomic E-state index is 11.5. The first-order valence-electron chi connectivity index (χ1n) is 7.50. The largest absolute Gasteiger partial charge is 0.391 e.